The molecule has 2 heterocycles. The summed E-state index contributed by atoms with van der Waals surface area (Å²) in [6.45, 7) is 3.61. The topological polar surface area (TPSA) is 64.2 Å². The van der Waals surface area contributed by atoms with Crippen LogP contribution < -0.4 is 5.73 Å². The van der Waals surface area contributed by atoms with Crippen molar-refractivity contribution >= 4 is 5.91 Å². The zero-order valence-corrected chi connectivity index (χ0v) is 12.9. The van der Waals surface area contributed by atoms with Crippen molar-refractivity contribution in [1.82, 2.24) is 14.5 Å². The minimum Gasteiger partial charge on any atom is -0.338 e. The Bertz CT molecular complexity index is 619. The highest BCUT2D eigenvalue weighted by atomic mass is 16.2. The van der Waals surface area contributed by atoms with Crippen LogP contribution in [0.25, 0.3) is 5.69 Å². The molecule has 22 heavy (non-hydrogen) atoms. The third-order valence-corrected chi connectivity index (χ3v) is 4.41. The summed E-state index contributed by atoms with van der Waals surface area (Å²) < 4.78 is 1.92. The Morgan fingerprint density at radius 3 is 2.77 bits per heavy atom. The van der Waals surface area contributed by atoms with Crippen LogP contribution in [-0.2, 0) is 0 Å². The lowest BCUT2D eigenvalue weighted by molar-refractivity contribution is 0.0661. The third-order valence-electron chi connectivity index (χ3n) is 4.41. The molecule has 0 saturated carbocycles. The molecule has 2 atom stereocenters. The van der Waals surface area contributed by atoms with Crippen molar-refractivity contribution in [3.63, 3.8) is 0 Å². The van der Waals surface area contributed by atoms with Crippen molar-refractivity contribution < 1.29 is 4.79 Å². The van der Waals surface area contributed by atoms with Gasteiger partial charge < -0.3 is 15.2 Å². The van der Waals surface area contributed by atoms with E-state index >= 15 is 0 Å². The van der Waals surface area contributed by atoms with E-state index in [2.05, 4.69) is 4.98 Å². The summed E-state index contributed by atoms with van der Waals surface area (Å²) in [7, 11) is 0. The average Bonchev–Trinajstić information content (AvgIpc) is 3.09. The van der Waals surface area contributed by atoms with Gasteiger partial charge >= 0.3 is 0 Å². The van der Waals surface area contributed by atoms with Crippen LogP contribution in [-0.4, -0.2) is 39.5 Å². The number of carbonyl (C=O) groups excluding carboxylic acids is 1. The molecule has 5 heteroatoms. The number of imidazole rings is 1. The molecule has 0 spiro atoms. The highest BCUT2D eigenvalue weighted by Crippen LogP contribution is 2.21. The Kier molecular flexibility index (Phi) is 4.24. The first kappa shape index (κ1) is 14.8. The number of amides is 1. The van der Waals surface area contributed by atoms with Gasteiger partial charge in [-0.15, -0.1) is 0 Å². The molecule has 5 nitrogen and oxygen atoms in total. The Morgan fingerprint density at radius 2 is 2.14 bits per heavy atom. The van der Waals surface area contributed by atoms with Crippen LogP contribution in [0.15, 0.2) is 43.0 Å². The smallest absolute Gasteiger partial charge is 0.253 e. The van der Waals surface area contributed by atoms with Gasteiger partial charge in [-0.1, -0.05) is 0 Å². The van der Waals surface area contributed by atoms with Gasteiger partial charge in [0.05, 0.1) is 6.33 Å². The first-order valence-electron chi connectivity index (χ1n) is 7.78. The van der Waals surface area contributed by atoms with Crippen LogP contribution >= 0.6 is 0 Å². The molecular weight excluding hydrogens is 276 g/mol. The highest BCUT2D eigenvalue weighted by molar-refractivity contribution is 5.94. The average molecular weight is 298 g/mol. The maximum atomic E-state index is 12.6. The lowest BCUT2D eigenvalue weighted by atomic mass is 9.92. The summed E-state index contributed by atoms with van der Waals surface area (Å²) in [4.78, 5) is 18.6. The second-order valence-electron chi connectivity index (χ2n) is 6.03. The number of likely N-dealkylation sites (tertiary alicyclic amines) is 1. The van der Waals surface area contributed by atoms with Crippen molar-refractivity contribution in [2.24, 2.45) is 11.7 Å². The standard InChI is InChI=1S/C17H22N4O/c1-13(18)15-3-2-9-20(11-15)17(22)14-4-6-16(7-5-14)21-10-8-19-12-21/h4-8,10,12-13,15H,2-3,9,11,18H2,1H3/t13-,15+/m0/s1. The fourth-order valence-electron chi connectivity index (χ4n) is 2.99. The number of hydrogen-bond donors (Lipinski definition) is 1. The molecule has 1 aromatic heterocycles. The Labute approximate surface area is 130 Å². The van der Waals surface area contributed by atoms with Gasteiger partial charge in [-0.2, -0.15) is 0 Å². The van der Waals surface area contributed by atoms with Gasteiger partial charge in [-0.3, -0.25) is 4.79 Å². The van der Waals surface area contributed by atoms with Gasteiger partial charge in [0.15, 0.2) is 0 Å². The number of carbonyl (C=O) groups is 1. The van der Waals surface area contributed by atoms with Crippen LogP contribution in [0.3, 0.4) is 0 Å². The zero-order valence-electron chi connectivity index (χ0n) is 12.9. The number of aromatic nitrogens is 2. The molecule has 3 rings (SSSR count). The van der Waals surface area contributed by atoms with Gasteiger partial charge in [-0.25, -0.2) is 4.98 Å². The van der Waals surface area contributed by atoms with E-state index in [9.17, 15) is 4.79 Å². The minimum atomic E-state index is 0.0996. The van der Waals surface area contributed by atoms with Crippen molar-refractivity contribution in [2.75, 3.05) is 13.1 Å². The Balaban J connectivity index is 1.72. The minimum absolute atomic E-state index is 0.0996. The number of rotatable bonds is 3. The number of nitrogens with zero attached hydrogens (tertiary/aromatic N) is 3. The lowest BCUT2D eigenvalue weighted by Gasteiger charge is -2.34. The fraction of sp³-hybridized carbons (Fsp3) is 0.412. The molecule has 1 amide bonds. The van der Waals surface area contributed by atoms with Gasteiger partial charge in [0.25, 0.3) is 5.91 Å². The highest BCUT2D eigenvalue weighted by Gasteiger charge is 2.26. The monoisotopic (exact) mass is 298 g/mol. The molecule has 116 valence electrons. The Hall–Kier alpha value is -2.14. The molecule has 1 aliphatic rings. The molecule has 2 N–H and O–H groups in total. The molecule has 0 radical (unpaired) electrons. The third kappa shape index (κ3) is 3.04. The Morgan fingerprint density at radius 1 is 1.36 bits per heavy atom. The predicted octanol–water partition coefficient (Wildman–Crippen LogP) is 2.07. The van der Waals surface area contributed by atoms with E-state index < -0.39 is 0 Å². The summed E-state index contributed by atoms with van der Waals surface area (Å²) in [5.74, 6) is 0.505. The largest absolute Gasteiger partial charge is 0.338 e. The maximum absolute atomic E-state index is 12.6. The predicted molar refractivity (Wildman–Crippen MR) is 85.8 cm³/mol. The normalized spacial score (nSPS) is 19.9. The maximum Gasteiger partial charge on any atom is 0.253 e. The lowest BCUT2D eigenvalue weighted by Crippen LogP contribution is -2.45. The van der Waals surface area contributed by atoms with Gasteiger partial charge in [-0.05, 0) is 49.9 Å². The van der Waals surface area contributed by atoms with E-state index in [1.807, 2.05) is 46.9 Å². The summed E-state index contributed by atoms with van der Waals surface area (Å²) >= 11 is 0. The van der Waals surface area contributed by atoms with E-state index in [1.54, 1.807) is 12.5 Å². The van der Waals surface area contributed by atoms with Crippen LogP contribution in [0, 0.1) is 5.92 Å². The van der Waals surface area contributed by atoms with Crippen LogP contribution in [0.1, 0.15) is 30.1 Å². The first-order chi connectivity index (χ1) is 10.6. The second kappa shape index (κ2) is 6.32. The molecule has 0 bridgehead atoms. The molecule has 1 aromatic carbocycles. The summed E-state index contributed by atoms with van der Waals surface area (Å²) in [5, 5.41) is 0. The van der Waals surface area contributed by atoms with Crippen molar-refractivity contribution in [3.05, 3.63) is 48.5 Å². The van der Waals surface area contributed by atoms with E-state index in [0.717, 1.165) is 37.2 Å². The second-order valence-corrected chi connectivity index (χ2v) is 6.03. The van der Waals surface area contributed by atoms with E-state index in [0.29, 0.717) is 5.92 Å². The number of benzene rings is 1. The molecule has 1 aliphatic heterocycles. The molecule has 2 aromatic rings. The van der Waals surface area contributed by atoms with E-state index in [1.165, 1.54) is 0 Å². The van der Waals surface area contributed by atoms with E-state index in [-0.39, 0.29) is 11.9 Å². The SMILES string of the molecule is C[C@H](N)[C@@H]1CCCN(C(=O)c2ccc(-n3ccnc3)cc2)C1. The number of piperidine rings is 1. The van der Waals surface area contributed by atoms with Crippen molar-refractivity contribution in [1.29, 1.82) is 0 Å². The summed E-state index contributed by atoms with van der Waals surface area (Å²) in [6, 6.07) is 7.80. The summed E-state index contributed by atoms with van der Waals surface area (Å²) in [5.41, 5.74) is 7.73. The van der Waals surface area contributed by atoms with Gasteiger partial charge in [0.1, 0.15) is 0 Å². The summed E-state index contributed by atoms with van der Waals surface area (Å²) in [6.07, 6.45) is 7.51. The number of nitrogens with two attached hydrogens (primary N) is 1. The van der Waals surface area contributed by atoms with Crippen LogP contribution in [0.4, 0.5) is 0 Å². The van der Waals surface area contributed by atoms with Crippen LogP contribution in [0.5, 0.6) is 0 Å². The van der Waals surface area contributed by atoms with Crippen LogP contribution in [0.2, 0.25) is 0 Å². The van der Waals surface area contributed by atoms with Gasteiger partial charge in [0, 0.05) is 42.8 Å². The van der Waals surface area contributed by atoms with Crippen molar-refractivity contribution in [3.8, 4) is 5.69 Å². The number of hydrogen-bond acceptors (Lipinski definition) is 3. The molecule has 0 unspecified atom stereocenters. The quantitative estimate of drug-likeness (QED) is 0.943. The van der Waals surface area contributed by atoms with Crippen molar-refractivity contribution in [2.45, 2.75) is 25.8 Å². The molecule has 1 saturated heterocycles. The molecular formula is C17H22N4O. The van der Waals surface area contributed by atoms with Gasteiger partial charge in [0.2, 0.25) is 0 Å². The fourth-order valence-corrected chi connectivity index (χ4v) is 2.99. The zero-order chi connectivity index (χ0) is 15.5. The molecule has 1 fully saturated rings. The first-order valence-corrected chi connectivity index (χ1v) is 7.78. The van der Waals surface area contributed by atoms with E-state index in [4.69, 9.17) is 5.73 Å². The molecule has 0 aliphatic carbocycles.